The van der Waals surface area contributed by atoms with Gasteiger partial charge in [-0.2, -0.15) is 0 Å². The standard InChI is InChI=1S/C20H20N4O3S/c1-2-28(26,27)17-5-3-15(4-6-17)23-19-11-18-14(12-22-19)7-9-21-20(18)24-10-8-16(25)13-24/h2-7,9,11-12,16,25H,1,8,10,13H2,(H,22,23). The Balaban J connectivity index is 1.64. The summed E-state index contributed by atoms with van der Waals surface area (Å²) in [6.45, 7) is 4.66. The van der Waals surface area contributed by atoms with E-state index in [0.717, 1.165) is 40.7 Å². The molecule has 1 aliphatic rings. The molecule has 3 heterocycles. The van der Waals surface area contributed by atoms with Gasteiger partial charge in [0, 0.05) is 47.4 Å². The van der Waals surface area contributed by atoms with E-state index in [4.69, 9.17) is 0 Å². The number of aliphatic hydroxyl groups is 1. The molecule has 1 aromatic carbocycles. The van der Waals surface area contributed by atoms with E-state index >= 15 is 0 Å². The van der Waals surface area contributed by atoms with Crippen molar-refractivity contribution in [3.63, 3.8) is 0 Å². The summed E-state index contributed by atoms with van der Waals surface area (Å²) in [6.07, 6.45) is 3.91. The van der Waals surface area contributed by atoms with E-state index in [-0.39, 0.29) is 11.0 Å². The van der Waals surface area contributed by atoms with Crippen molar-refractivity contribution in [2.24, 2.45) is 0 Å². The van der Waals surface area contributed by atoms with Crippen LogP contribution < -0.4 is 10.2 Å². The lowest BCUT2D eigenvalue weighted by molar-refractivity contribution is 0.198. The molecule has 0 spiro atoms. The Morgan fingerprint density at radius 2 is 2.00 bits per heavy atom. The lowest BCUT2D eigenvalue weighted by atomic mass is 10.2. The summed E-state index contributed by atoms with van der Waals surface area (Å²) in [5.74, 6) is 1.45. The monoisotopic (exact) mass is 396 g/mol. The van der Waals surface area contributed by atoms with Crippen LogP contribution in [0.3, 0.4) is 0 Å². The second kappa shape index (κ2) is 7.21. The lowest BCUT2D eigenvalue weighted by Gasteiger charge is -2.19. The summed E-state index contributed by atoms with van der Waals surface area (Å²) < 4.78 is 23.6. The Bertz CT molecular complexity index is 1130. The van der Waals surface area contributed by atoms with E-state index in [1.807, 2.05) is 12.1 Å². The molecule has 1 atom stereocenters. The topological polar surface area (TPSA) is 95.4 Å². The maximum absolute atomic E-state index is 11.8. The van der Waals surface area contributed by atoms with Gasteiger partial charge in [0.15, 0.2) is 9.84 Å². The molecule has 0 bridgehead atoms. The van der Waals surface area contributed by atoms with Crippen LogP contribution >= 0.6 is 0 Å². The van der Waals surface area contributed by atoms with Crippen molar-refractivity contribution in [1.29, 1.82) is 0 Å². The largest absolute Gasteiger partial charge is 0.391 e. The molecule has 3 aromatic rings. The quantitative estimate of drug-likeness (QED) is 0.685. The van der Waals surface area contributed by atoms with Gasteiger partial charge in [-0.05, 0) is 42.8 Å². The first kappa shape index (κ1) is 18.4. The van der Waals surface area contributed by atoms with Gasteiger partial charge >= 0.3 is 0 Å². The predicted molar refractivity (Wildman–Crippen MR) is 109 cm³/mol. The molecule has 4 rings (SSSR count). The number of hydrogen-bond donors (Lipinski definition) is 2. The highest BCUT2D eigenvalue weighted by atomic mass is 32.2. The van der Waals surface area contributed by atoms with E-state index in [1.165, 1.54) is 12.1 Å². The number of fused-ring (bicyclic) bond motifs is 1. The first-order chi connectivity index (χ1) is 13.5. The van der Waals surface area contributed by atoms with Crippen molar-refractivity contribution >= 4 is 37.9 Å². The summed E-state index contributed by atoms with van der Waals surface area (Å²) in [4.78, 5) is 11.2. The van der Waals surface area contributed by atoms with Gasteiger partial charge in [-0.1, -0.05) is 6.58 Å². The van der Waals surface area contributed by atoms with Crippen LogP contribution in [-0.4, -0.2) is 42.7 Å². The van der Waals surface area contributed by atoms with Crippen molar-refractivity contribution in [2.45, 2.75) is 17.4 Å². The zero-order chi connectivity index (χ0) is 19.7. The summed E-state index contributed by atoms with van der Waals surface area (Å²) >= 11 is 0. The number of hydrogen-bond acceptors (Lipinski definition) is 7. The summed E-state index contributed by atoms with van der Waals surface area (Å²) in [7, 11) is -3.45. The SMILES string of the molecule is C=CS(=O)(=O)c1ccc(Nc2cc3c(N4CCC(O)C4)nccc3cn2)cc1. The second-order valence-electron chi connectivity index (χ2n) is 6.67. The third kappa shape index (κ3) is 3.56. The molecule has 1 fully saturated rings. The van der Waals surface area contributed by atoms with E-state index in [1.54, 1.807) is 24.5 Å². The number of rotatable bonds is 5. The molecule has 0 radical (unpaired) electrons. The smallest absolute Gasteiger partial charge is 0.199 e. The normalized spacial score (nSPS) is 17.0. The van der Waals surface area contributed by atoms with Gasteiger partial charge in [0.05, 0.1) is 11.0 Å². The molecule has 8 heteroatoms. The molecule has 1 aliphatic heterocycles. The molecule has 144 valence electrons. The van der Waals surface area contributed by atoms with Crippen LogP contribution in [0.25, 0.3) is 10.8 Å². The van der Waals surface area contributed by atoms with Crippen molar-refractivity contribution in [1.82, 2.24) is 9.97 Å². The van der Waals surface area contributed by atoms with Crippen LogP contribution in [0.1, 0.15) is 6.42 Å². The number of aliphatic hydroxyl groups excluding tert-OH is 1. The van der Waals surface area contributed by atoms with Crippen molar-refractivity contribution in [3.05, 3.63) is 60.8 Å². The summed E-state index contributed by atoms with van der Waals surface area (Å²) in [6, 6.07) is 10.2. The summed E-state index contributed by atoms with van der Waals surface area (Å²) in [5, 5.41) is 15.9. The second-order valence-corrected chi connectivity index (χ2v) is 8.57. The van der Waals surface area contributed by atoms with Gasteiger partial charge < -0.3 is 15.3 Å². The van der Waals surface area contributed by atoms with Gasteiger partial charge in [0.1, 0.15) is 11.6 Å². The average molecular weight is 396 g/mol. The fraction of sp³-hybridized carbons (Fsp3) is 0.200. The first-order valence-electron chi connectivity index (χ1n) is 8.89. The molecule has 1 unspecified atom stereocenters. The van der Waals surface area contributed by atoms with E-state index in [0.29, 0.717) is 12.4 Å². The average Bonchev–Trinajstić information content (AvgIpc) is 3.14. The van der Waals surface area contributed by atoms with Gasteiger partial charge in [0.25, 0.3) is 0 Å². The molecule has 7 nitrogen and oxygen atoms in total. The van der Waals surface area contributed by atoms with Crippen molar-refractivity contribution < 1.29 is 13.5 Å². The van der Waals surface area contributed by atoms with Crippen LogP contribution in [0.15, 0.2) is 65.7 Å². The summed E-state index contributed by atoms with van der Waals surface area (Å²) in [5.41, 5.74) is 0.719. The number of benzene rings is 1. The molecule has 2 N–H and O–H groups in total. The molecule has 0 aliphatic carbocycles. The minimum Gasteiger partial charge on any atom is -0.391 e. The van der Waals surface area contributed by atoms with Gasteiger partial charge in [0.2, 0.25) is 0 Å². The Kier molecular flexibility index (Phi) is 4.74. The van der Waals surface area contributed by atoms with Crippen LogP contribution in [0.2, 0.25) is 0 Å². The van der Waals surface area contributed by atoms with Crippen LogP contribution in [0.5, 0.6) is 0 Å². The van der Waals surface area contributed by atoms with E-state index in [9.17, 15) is 13.5 Å². The Morgan fingerprint density at radius 3 is 2.68 bits per heavy atom. The highest BCUT2D eigenvalue weighted by Gasteiger charge is 2.23. The minimum absolute atomic E-state index is 0.193. The predicted octanol–water partition coefficient (Wildman–Crippen LogP) is 2.86. The van der Waals surface area contributed by atoms with Crippen LogP contribution in [-0.2, 0) is 9.84 Å². The van der Waals surface area contributed by atoms with Crippen molar-refractivity contribution in [3.8, 4) is 0 Å². The maximum Gasteiger partial charge on any atom is 0.199 e. The number of pyridine rings is 2. The molecular weight excluding hydrogens is 376 g/mol. The van der Waals surface area contributed by atoms with Gasteiger partial charge in [-0.25, -0.2) is 18.4 Å². The number of anilines is 3. The fourth-order valence-electron chi connectivity index (χ4n) is 3.28. The fourth-order valence-corrected chi connectivity index (χ4v) is 3.98. The Morgan fingerprint density at radius 1 is 1.21 bits per heavy atom. The third-order valence-electron chi connectivity index (χ3n) is 4.76. The van der Waals surface area contributed by atoms with Crippen molar-refractivity contribution in [2.75, 3.05) is 23.3 Å². The third-order valence-corrected chi connectivity index (χ3v) is 6.13. The number of β-amino-alcohol motifs (C(OH)–C–C–N with tert-alkyl or cyclic N) is 1. The molecule has 2 aromatic heterocycles. The molecule has 28 heavy (non-hydrogen) atoms. The van der Waals surface area contributed by atoms with Gasteiger partial charge in [-0.15, -0.1) is 0 Å². The van der Waals surface area contributed by atoms with Crippen LogP contribution in [0, 0.1) is 0 Å². The molecular formula is C20H20N4O3S. The van der Waals surface area contributed by atoms with E-state index in [2.05, 4.69) is 26.8 Å². The maximum atomic E-state index is 11.8. The highest BCUT2D eigenvalue weighted by Crippen LogP contribution is 2.29. The van der Waals surface area contributed by atoms with Crippen LogP contribution in [0.4, 0.5) is 17.3 Å². The Hall–Kier alpha value is -2.97. The zero-order valence-electron chi connectivity index (χ0n) is 15.1. The Labute approximate surface area is 163 Å². The number of nitrogens with one attached hydrogen (secondary N) is 1. The molecule has 1 saturated heterocycles. The van der Waals surface area contributed by atoms with Gasteiger partial charge in [-0.3, -0.25) is 0 Å². The number of aromatic nitrogens is 2. The van der Waals surface area contributed by atoms with E-state index < -0.39 is 9.84 Å². The zero-order valence-corrected chi connectivity index (χ0v) is 15.9. The molecule has 0 saturated carbocycles. The number of sulfone groups is 1. The number of nitrogens with zero attached hydrogens (tertiary/aromatic N) is 3. The minimum atomic E-state index is -3.45. The molecule has 0 amide bonds. The highest BCUT2D eigenvalue weighted by molar-refractivity contribution is 7.94. The lowest BCUT2D eigenvalue weighted by Crippen LogP contribution is -2.22. The first-order valence-corrected chi connectivity index (χ1v) is 10.4.